The zero-order chi connectivity index (χ0) is 50.7. The van der Waals surface area contributed by atoms with E-state index < -0.39 is 0 Å². The zero-order valence-electron chi connectivity index (χ0n) is 46.4. The van der Waals surface area contributed by atoms with Gasteiger partial charge in [0.25, 0.3) is 6.71 Å². The summed E-state index contributed by atoms with van der Waals surface area (Å²) in [6.45, 7) is 43.8. The number of benzene rings is 6. The van der Waals surface area contributed by atoms with Gasteiger partial charge in [0.05, 0.1) is 10.7 Å². The Kier molecular flexibility index (Phi) is 9.65. The molecule has 0 amide bonds. The highest BCUT2D eigenvalue weighted by atomic mass is 32.1. The second-order valence-corrected chi connectivity index (χ2v) is 29.2. The molecule has 6 bridgehead atoms. The molecule has 6 aliphatic rings. The highest BCUT2D eigenvalue weighted by Gasteiger charge is 2.50. The summed E-state index contributed by atoms with van der Waals surface area (Å²) in [5.41, 5.74) is 27.8. The van der Waals surface area contributed by atoms with Gasteiger partial charge in [-0.15, -0.1) is 11.3 Å². The normalized spacial score (nSPS) is 20.1. The Morgan fingerprint density at radius 1 is 0.493 bits per heavy atom. The van der Waals surface area contributed by atoms with Crippen molar-refractivity contribution in [2.24, 2.45) is 0 Å². The second-order valence-electron chi connectivity index (χ2n) is 28.2. The Balaban J connectivity index is 1.30. The van der Waals surface area contributed by atoms with Gasteiger partial charge in [0.1, 0.15) is 0 Å². The van der Waals surface area contributed by atoms with Crippen LogP contribution in [0.15, 0.2) is 91.0 Å². The maximum Gasteiger partial charge on any atom is 0.254 e. The summed E-state index contributed by atoms with van der Waals surface area (Å²) in [5.74, 6) is 0. The third kappa shape index (κ3) is 6.70. The fourth-order valence-corrected chi connectivity index (χ4v) is 15.3. The fraction of sp³-hybridized carbons (Fsp3) is 0.433. The van der Waals surface area contributed by atoms with Crippen LogP contribution >= 0.6 is 11.3 Å². The average molecular weight is 953 g/mol. The first kappa shape index (κ1) is 47.0. The molecule has 1 unspecified atom stereocenters. The molecule has 0 fully saturated rings. The van der Waals surface area contributed by atoms with Crippen molar-refractivity contribution >= 4 is 78.0 Å². The molecule has 0 saturated heterocycles. The van der Waals surface area contributed by atoms with Crippen molar-refractivity contribution in [2.45, 2.75) is 188 Å². The second kappa shape index (κ2) is 14.6. The molecule has 0 N–H and O–H groups in total. The van der Waals surface area contributed by atoms with Crippen molar-refractivity contribution in [3.05, 3.63) is 147 Å². The Labute approximate surface area is 431 Å². The van der Waals surface area contributed by atoms with Crippen LogP contribution in [-0.2, 0) is 37.9 Å². The maximum atomic E-state index is 2.79. The lowest BCUT2D eigenvalue weighted by molar-refractivity contribution is 0.332. The number of hydrogen-bond donors (Lipinski definition) is 0. The number of anilines is 6. The van der Waals surface area contributed by atoms with E-state index in [1.165, 1.54) is 140 Å². The number of rotatable bonds is 1. The van der Waals surface area contributed by atoms with E-state index in [-0.39, 0.29) is 44.6 Å². The smallest absolute Gasteiger partial charge is 0.254 e. The molecule has 5 heterocycles. The van der Waals surface area contributed by atoms with Crippen LogP contribution in [0.3, 0.4) is 0 Å². The fourth-order valence-electron chi connectivity index (χ4n) is 13.9. The molecule has 0 spiro atoms. The van der Waals surface area contributed by atoms with Crippen molar-refractivity contribution < 1.29 is 0 Å². The molecule has 6 aromatic carbocycles. The van der Waals surface area contributed by atoms with Crippen LogP contribution in [-0.4, -0.2) is 6.71 Å². The lowest BCUT2D eigenvalue weighted by Crippen LogP contribution is -2.61. The highest BCUT2D eigenvalue weighted by Crippen LogP contribution is 2.58. The molecule has 71 heavy (non-hydrogen) atoms. The van der Waals surface area contributed by atoms with E-state index in [4.69, 9.17) is 0 Å². The summed E-state index contributed by atoms with van der Waals surface area (Å²) in [6.07, 6.45) is 4.61. The molecule has 7 aromatic rings. The van der Waals surface area contributed by atoms with E-state index in [2.05, 4.69) is 237 Å². The maximum absolute atomic E-state index is 2.79. The van der Waals surface area contributed by atoms with E-state index in [1.54, 1.807) is 0 Å². The Bertz CT molecular complexity index is 3450. The minimum Gasteiger partial charge on any atom is -0.311 e. The van der Waals surface area contributed by atoms with Gasteiger partial charge in [-0.05, 0) is 191 Å². The minimum atomic E-state index is -0.170. The molecule has 13 rings (SSSR count). The summed E-state index contributed by atoms with van der Waals surface area (Å²) < 4.78 is 1.46. The lowest BCUT2D eigenvalue weighted by atomic mass is 9.33. The summed E-state index contributed by atoms with van der Waals surface area (Å²) in [4.78, 5) is 5.48. The highest BCUT2D eigenvalue weighted by molar-refractivity contribution is 7.27. The van der Waals surface area contributed by atoms with Crippen molar-refractivity contribution in [1.82, 2.24) is 0 Å². The number of nitrogens with zero attached hydrogens (tertiary/aromatic N) is 2. The number of fused-ring (bicyclic) bond motifs is 6. The van der Waals surface area contributed by atoms with Gasteiger partial charge in [-0.1, -0.05) is 165 Å². The van der Waals surface area contributed by atoms with Gasteiger partial charge in [0.15, 0.2) is 0 Å². The van der Waals surface area contributed by atoms with E-state index in [1.807, 2.05) is 0 Å². The monoisotopic (exact) mass is 953 g/mol. The largest absolute Gasteiger partial charge is 0.311 e. The molecule has 2 nitrogen and oxygen atoms in total. The standard InChI is InChI=1S/C67H77BN2S/c1-38-29-54-57-55(30-38)70-58-39(2)31-42(62(6,7)8)33-45(58)40-19-24-47-48(32-40)66(16,17)27-28-67(47,18)51-35-43(63(9,10)11)34-46-56(60(70)71-59(46)51)68(57)52-36-49-50(65(14,15)26-25-64(49,12)13)37-53(52)69(54)44-22-20-41(21-23-44)61(3,4)5/h19-24,29-37H,25-28H2,1-18H3. The summed E-state index contributed by atoms with van der Waals surface area (Å²) in [5, 5.41) is 2.83. The summed E-state index contributed by atoms with van der Waals surface area (Å²) >= 11 is 2.09. The first-order chi connectivity index (χ1) is 33.0. The Hall–Kier alpha value is -5.06. The number of aryl methyl sites for hydroxylation is 2. The zero-order valence-corrected chi connectivity index (χ0v) is 47.2. The first-order valence-electron chi connectivity index (χ1n) is 27.0. The van der Waals surface area contributed by atoms with Crippen LogP contribution < -0.4 is 26.2 Å². The Morgan fingerprint density at radius 2 is 1.06 bits per heavy atom. The predicted molar refractivity (Wildman–Crippen MR) is 311 cm³/mol. The molecule has 0 radical (unpaired) electrons. The molecule has 4 heteroatoms. The van der Waals surface area contributed by atoms with E-state index in [0.29, 0.717) is 0 Å². The van der Waals surface area contributed by atoms with Gasteiger partial charge in [-0.25, -0.2) is 0 Å². The van der Waals surface area contributed by atoms with E-state index in [0.717, 1.165) is 12.8 Å². The van der Waals surface area contributed by atoms with Crippen LogP contribution in [0.5, 0.6) is 0 Å². The van der Waals surface area contributed by atoms with Gasteiger partial charge >= 0.3 is 0 Å². The first-order valence-corrected chi connectivity index (χ1v) is 27.8. The van der Waals surface area contributed by atoms with Gasteiger partial charge < -0.3 is 9.80 Å². The third-order valence-corrected chi connectivity index (χ3v) is 19.9. The summed E-state index contributed by atoms with van der Waals surface area (Å²) in [7, 11) is 0. The van der Waals surface area contributed by atoms with Crippen LogP contribution in [0.1, 0.15) is 192 Å². The van der Waals surface area contributed by atoms with Crippen molar-refractivity contribution in [1.29, 1.82) is 0 Å². The van der Waals surface area contributed by atoms with Gasteiger partial charge in [-0.2, -0.15) is 0 Å². The summed E-state index contributed by atoms with van der Waals surface area (Å²) in [6, 6.07) is 38.2. The minimum absolute atomic E-state index is 0.0274. The quantitative estimate of drug-likeness (QED) is 0.151. The SMILES string of the molecule is Cc1cc2c3c(c1)N1c4sc5c(cc(C(C)(C)C)cc5c4B3c3cc4c(cc3N2c2ccc(C(C)(C)C)cc2)C(C)(C)CCC4(C)C)C2(C)CCC(C)(C)c3cc(ccc32)-c2cc(C(C)(C)C)cc(C)c21. The average Bonchev–Trinajstić information content (AvgIpc) is 3.66. The molecule has 4 aliphatic heterocycles. The molecule has 2 aliphatic carbocycles. The third-order valence-electron chi connectivity index (χ3n) is 18.6. The molecular weight excluding hydrogens is 876 g/mol. The lowest BCUT2D eigenvalue weighted by Gasteiger charge is -2.47. The molecule has 364 valence electrons. The van der Waals surface area contributed by atoms with Gasteiger partial charge in [-0.3, -0.25) is 0 Å². The van der Waals surface area contributed by atoms with E-state index >= 15 is 0 Å². The van der Waals surface area contributed by atoms with Gasteiger partial charge in [0, 0.05) is 38.4 Å². The van der Waals surface area contributed by atoms with Gasteiger partial charge in [0.2, 0.25) is 0 Å². The van der Waals surface area contributed by atoms with Crippen molar-refractivity contribution in [2.75, 3.05) is 9.80 Å². The van der Waals surface area contributed by atoms with Crippen LogP contribution in [0, 0.1) is 13.8 Å². The number of thiophene rings is 1. The van der Waals surface area contributed by atoms with Crippen molar-refractivity contribution in [3.8, 4) is 11.1 Å². The van der Waals surface area contributed by atoms with Crippen LogP contribution in [0.2, 0.25) is 0 Å². The molecule has 1 atom stereocenters. The topological polar surface area (TPSA) is 6.48 Å². The molecule has 0 saturated carbocycles. The van der Waals surface area contributed by atoms with E-state index in [9.17, 15) is 0 Å². The van der Waals surface area contributed by atoms with Crippen LogP contribution in [0.25, 0.3) is 21.2 Å². The molecular formula is C67H77BN2S. The Morgan fingerprint density at radius 3 is 1.68 bits per heavy atom. The van der Waals surface area contributed by atoms with Crippen LogP contribution in [0.4, 0.5) is 33.4 Å². The predicted octanol–water partition coefficient (Wildman–Crippen LogP) is 17.2. The number of hydrogen-bond acceptors (Lipinski definition) is 3. The molecule has 1 aromatic heterocycles. The van der Waals surface area contributed by atoms with Crippen molar-refractivity contribution in [3.63, 3.8) is 0 Å².